The fraction of sp³-hybridized carbons (Fsp3) is 0.389. The number of furan rings is 1. The third kappa shape index (κ3) is 3.47. The number of aryl methyl sites for hydroxylation is 2. The summed E-state index contributed by atoms with van der Waals surface area (Å²) in [4.78, 5) is 15.1. The number of amides is 1. The zero-order valence-electron chi connectivity index (χ0n) is 13.8. The lowest BCUT2D eigenvalue weighted by molar-refractivity contribution is 0.102. The highest BCUT2D eigenvalue weighted by atomic mass is 79.9. The standard InChI is InChI=1S/C18H20BrClN2O2/c1-11-16(17(19)12(2)24-11)18(23)21-14-10-13(20)6-7-15(14)22-8-4-3-5-9-22/h6-7,10H,3-5,8-9H2,1-2H3,(H,21,23). The molecule has 0 aliphatic carbocycles. The number of nitrogens with one attached hydrogen (secondary N) is 1. The van der Waals surface area contributed by atoms with Crippen molar-refractivity contribution in [2.24, 2.45) is 0 Å². The Balaban J connectivity index is 1.91. The van der Waals surface area contributed by atoms with Crippen LogP contribution in [0.2, 0.25) is 5.02 Å². The van der Waals surface area contributed by atoms with Gasteiger partial charge in [0.15, 0.2) is 0 Å². The average Bonchev–Trinajstić information content (AvgIpc) is 2.81. The summed E-state index contributed by atoms with van der Waals surface area (Å²) in [6.45, 7) is 5.61. The van der Waals surface area contributed by atoms with Crippen molar-refractivity contribution >= 4 is 44.8 Å². The van der Waals surface area contributed by atoms with Crippen molar-refractivity contribution in [2.45, 2.75) is 33.1 Å². The van der Waals surface area contributed by atoms with Gasteiger partial charge in [-0.1, -0.05) is 11.6 Å². The summed E-state index contributed by atoms with van der Waals surface area (Å²) in [5, 5.41) is 3.61. The molecule has 0 atom stereocenters. The number of anilines is 2. The van der Waals surface area contributed by atoms with Crippen molar-refractivity contribution < 1.29 is 9.21 Å². The van der Waals surface area contributed by atoms with E-state index in [9.17, 15) is 4.79 Å². The molecule has 0 unspecified atom stereocenters. The van der Waals surface area contributed by atoms with E-state index < -0.39 is 0 Å². The Morgan fingerprint density at radius 3 is 2.54 bits per heavy atom. The second kappa shape index (κ2) is 7.19. The van der Waals surface area contributed by atoms with Crippen LogP contribution in [0.25, 0.3) is 0 Å². The lowest BCUT2D eigenvalue weighted by Crippen LogP contribution is -2.30. The van der Waals surface area contributed by atoms with Crippen LogP contribution < -0.4 is 10.2 Å². The van der Waals surface area contributed by atoms with Gasteiger partial charge in [-0.05, 0) is 67.2 Å². The molecule has 1 aliphatic rings. The first-order chi connectivity index (χ1) is 11.5. The Hall–Kier alpha value is -1.46. The van der Waals surface area contributed by atoms with Gasteiger partial charge in [-0.15, -0.1) is 0 Å². The highest BCUT2D eigenvalue weighted by Crippen LogP contribution is 2.33. The molecular formula is C18H20BrClN2O2. The van der Waals surface area contributed by atoms with Crippen LogP contribution in [0, 0.1) is 13.8 Å². The molecule has 24 heavy (non-hydrogen) atoms. The van der Waals surface area contributed by atoms with Crippen LogP contribution in [0.5, 0.6) is 0 Å². The normalized spacial score (nSPS) is 14.8. The summed E-state index contributed by atoms with van der Waals surface area (Å²) in [5.41, 5.74) is 2.28. The first-order valence-electron chi connectivity index (χ1n) is 8.08. The largest absolute Gasteiger partial charge is 0.465 e. The molecule has 0 saturated carbocycles. The van der Waals surface area contributed by atoms with Crippen LogP contribution in [0.15, 0.2) is 27.1 Å². The van der Waals surface area contributed by atoms with Crippen LogP contribution >= 0.6 is 27.5 Å². The number of nitrogens with zero attached hydrogens (tertiary/aromatic N) is 1. The van der Waals surface area contributed by atoms with Crippen molar-refractivity contribution in [2.75, 3.05) is 23.3 Å². The summed E-state index contributed by atoms with van der Waals surface area (Å²) < 4.78 is 6.22. The van der Waals surface area contributed by atoms with Gasteiger partial charge in [-0.3, -0.25) is 4.79 Å². The summed E-state index contributed by atoms with van der Waals surface area (Å²) in [5.74, 6) is 1.09. The number of benzene rings is 1. The van der Waals surface area contributed by atoms with Gasteiger partial charge in [-0.25, -0.2) is 0 Å². The Labute approximate surface area is 155 Å². The minimum atomic E-state index is -0.197. The summed E-state index contributed by atoms with van der Waals surface area (Å²) in [6, 6.07) is 5.65. The van der Waals surface area contributed by atoms with Gasteiger partial charge in [0.25, 0.3) is 5.91 Å². The molecule has 1 fully saturated rings. The predicted molar refractivity (Wildman–Crippen MR) is 101 cm³/mol. The lowest BCUT2D eigenvalue weighted by atomic mass is 10.1. The van der Waals surface area contributed by atoms with Crippen LogP contribution in [0.4, 0.5) is 11.4 Å². The first kappa shape index (κ1) is 17.4. The Bertz CT molecular complexity index is 767. The Morgan fingerprint density at radius 1 is 1.21 bits per heavy atom. The molecule has 6 heteroatoms. The Kier molecular flexibility index (Phi) is 5.21. The molecule has 1 aliphatic heterocycles. The first-order valence-corrected chi connectivity index (χ1v) is 9.26. The van der Waals surface area contributed by atoms with E-state index >= 15 is 0 Å². The number of piperidine rings is 1. The van der Waals surface area contributed by atoms with Gasteiger partial charge in [0, 0.05) is 18.1 Å². The van der Waals surface area contributed by atoms with Gasteiger partial charge in [-0.2, -0.15) is 0 Å². The van der Waals surface area contributed by atoms with Gasteiger partial charge >= 0.3 is 0 Å². The average molecular weight is 412 g/mol. The molecule has 4 nitrogen and oxygen atoms in total. The van der Waals surface area contributed by atoms with Crippen molar-refractivity contribution in [3.63, 3.8) is 0 Å². The van der Waals surface area contributed by atoms with Crippen molar-refractivity contribution in [1.82, 2.24) is 0 Å². The monoisotopic (exact) mass is 410 g/mol. The summed E-state index contributed by atoms with van der Waals surface area (Å²) >= 11 is 9.59. The van der Waals surface area contributed by atoms with Crippen molar-refractivity contribution in [1.29, 1.82) is 0 Å². The van der Waals surface area contributed by atoms with Crippen LogP contribution in [-0.4, -0.2) is 19.0 Å². The zero-order chi connectivity index (χ0) is 17.3. The fourth-order valence-electron chi connectivity index (χ4n) is 3.12. The van der Waals surface area contributed by atoms with Crippen LogP contribution in [0.1, 0.15) is 41.1 Å². The van der Waals surface area contributed by atoms with Crippen molar-refractivity contribution in [3.05, 3.63) is 44.8 Å². The van der Waals surface area contributed by atoms with E-state index in [0.717, 1.165) is 24.5 Å². The van der Waals surface area contributed by atoms with Gasteiger partial charge in [0.2, 0.25) is 0 Å². The highest BCUT2D eigenvalue weighted by Gasteiger charge is 2.22. The number of carbonyl (C=O) groups is 1. The SMILES string of the molecule is Cc1oc(C)c(C(=O)Nc2cc(Cl)ccc2N2CCCCC2)c1Br. The molecule has 0 bridgehead atoms. The van der Waals surface area contributed by atoms with E-state index in [-0.39, 0.29) is 5.91 Å². The second-order valence-corrected chi connectivity index (χ2v) is 7.30. The molecule has 3 rings (SSSR count). The van der Waals surface area contributed by atoms with E-state index in [1.54, 1.807) is 13.0 Å². The van der Waals surface area contributed by atoms with Crippen LogP contribution in [0.3, 0.4) is 0 Å². The number of rotatable bonds is 3. The second-order valence-electron chi connectivity index (χ2n) is 6.07. The number of hydrogen-bond acceptors (Lipinski definition) is 3. The Morgan fingerprint density at radius 2 is 1.92 bits per heavy atom. The van der Waals surface area contributed by atoms with E-state index in [1.165, 1.54) is 19.3 Å². The molecule has 2 heterocycles. The maximum Gasteiger partial charge on any atom is 0.260 e. The molecule has 1 saturated heterocycles. The molecule has 2 aromatic rings. The highest BCUT2D eigenvalue weighted by molar-refractivity contribution is 9.10. The summed E-state index contributed by atoms with van der Waals surface area (Å²) in [6.07, 6.45) is 3.59. The van der Waals surface area contributed by atoms with E-state index in [4.69, 9.17) is 16.0 Å². The maximum atomic E-state index is 12.8. The number of carbonyl (C=O) groups excluding carboxylic acids is 1. The minimum absolute atomic E-state index is 0.197. The molecule has 1 N–H and O–H groups in total. The third-order valence-electron chi connectivity index (χ3n) is 4.32. The van der Waals surface area contributed by atoms with E-state index in [0.29, 0.717) is 26.6 Å². The van der Waals surface area contributed by atoms with Gasteiger partial charge in [0.05, 0.1) is 21.4 Å². The maximum absolute atomic E-state index is 12.8. The summed E-state index contributed by atoms with van der Waals surface area (Å²) in [7, 11) is 0. The van der Waals surface area contributed by atoms with Crippen LogP contribution in [-0.2, 0) is 0 Å². The molecule has 0 spiro atoms. The zero-order valence-corrected chi connectivity index (χ0v) is 16.1. The molecule has 1 aromatic heterocycles. The topological polar surface area (TPSA) is 45.5 Å². The van der Waals surface area contributed by atoms with Crippen molar-refractivity contribution in [3.8, 4) is 0 Å². The fourth-order valence-corrected chi connectivity index (χ4v) is 3.83. The molecular weight excluding hydrogens is 392 g/mol. The van der Waals surface area contributed by atoms with Gasteiger partial charge < -0.3 is 14.6 Å². The number of halogens is 2. The van der Waals surface area contributed by atoms with E-state index in [1.807, 2.05) is 19.1 Å². The smallest absolute Gasteiger partial charge is 0.260 e. The molecule has 1 aromatic carbocycles. The lowest BCUT2D eigenvalue weighted by Gasteiger charge is -2.30. The quantitative estimate of drug-likeness (QED) is 0.719. The minimum Gasteiger partial charge on any atom is -0.465 e. The molecule has 0 radical (unpaired) electrons. The third-order valence-corrected chi connectivity index (χ3v) is 5.51. The van der Waals surface area contributed by atoms with E-state index in [2.05, 4.69) is 26.1 Å². The molecule has 1 amide bonds. The predicted octanol–water partition coefficient (Wildman–Crippen LogP) is 5.55. The van der Waals surface area contributed by atoms with Gasteiger partial charge in [0.1, 0.15) is 11.5 Å². The number of hydrogen-bond donors (Lipinski definition) is 1. The molecule has 128 valence electrons.